The molecule has 4 atom stereocenters. The second kappa shape index (κ2) is 7.78. The van der Waals surface area contributed by atoms with Crippen LogP contribution in [0.3, 0.4) is 0 Å². The molecule has 178 valence electrons. The fourth-order valence-electron chi connectivity index (χ4n) is 6.40. The van der Waals surface area contributed by atoms with Crippen LogP contribution < -0.4 is 15.4 Å². The number of aryl methyl sites for hydroxylation is 1. The van der Waals surface area contributed by atoms with E-state index in [0.717, 1.165) is 37.8 Å². The normalized spacial score (nSPS) is 36.8. The summed E-state index contributed by atoms with van der Waals surface area (Å²) in [5.74, 6) is 0.818. The van der Waals surface area contributed by atoms with Crippen LogP contribution in [0.2, 0.25) is 0 Å². The number of H-pyrrole nitrogens is 1. The number of nitrogens with one attached hydrogen (secondary N) is 3. The zero-order valence-corrected chi connectivity index (χ0v) is 18.4. The summed E-state index contributed by atoms with van der Waals surface area (Å²) in [6.45, 7) is 2.13. The molecule has 4 saturated carbocycles. The van der Waals surface area contributed by atoms with Crippen LogP contribution in [0.5, 0.6) is 5.88 Å². The van der Waals surface area contributed by atoms with Gasteiger partial charge in [-0.05, 0) is 56.8 Å². The Hall–Kier alpha value is -2.50. The average molecular weight is 461 g/mol. The fourth-order valence-corrected chi connectivity index (χ4v) is 6.40. The number of hydrogen-bond acceptors (Lipinski definition) is 9. The summed E-state index contributed by atoms with van der Waals surface area (Å²) in [5.41, 5.74) is 0.273. The fraction of sp³-hybridized carbons (Fsp3) is 0.682. The van der Waals surface area contributed by atoms with Gasteiger partial charge in [-0.25, -0.2) is 0 Å². The first kappa shape index (κ1) is 21.1. The number of halogens is 1. The van der Waals surface area contributed by atoms with E-state index in [1.165, 1.54) is 0 Å². The summed E-state index contributed by atoms with van der Waals surface area (Å²) in [7, 11) is 0. The molecule has 5 fully saturated rings. The number of rotatable bonds is 6. The molecule has 0 spiro atoms. The van der Waals surface area contributed by atoms with Gasteiger partial charge in [-0.15, -0.1) is 0 Å². The van der Waals surface area contributed by atoms with Crippen molar-refractivity contribution in [3.05, 3.63) is 17.6 Å². The molecule has 4 bridgehead atoms. The lowest BCUT2D eigenvalue weighted by Gasteiger charge is -2.58. The van der Waals surface area contributed by atoms with Crippen LogP contribution >= 0.6 is 0 Å². The molecule has 1 saturated heterocycles. The van der Waals surface area contributed by atoms with Crippen LogP contribution in [0.25, 0.3) is 0 Å². The van der Waals surface area contributed by atoms with Crippen LogP contribution in [-0.4, -0.2) is 67.4 Å². The molecule has 11 heteroatoms. The minimum absolute atomic E-state index is 0.0650. The van der Waals surface area contributed by atoms with E-state index in [2.05, 4.69) is 30.8 Å². The quantitative estimate of drug-likeness (QED) is 0.437. The van der Waals surface area contributed by atoms with Gasteiger partial charge < -0.3 is 30.3 Å². The second-order valence-electron chi connectivity index (χ2n) is 10.2. The van der Waals surface area contributed by atoms with Crippen molar-refractivity contribution in [3.63, 3.8) is 0 Å². The number of aromatic amines is 1. The molecule has 7 rings (SSSR count). The van der Waals surface area contributed by atoms with Gasteiger partial charge in [-0.1, -0.05) is 0 Å². The number of aliphatic hydroxyl groups excluding tert-OH is 1. The Labute approximate surface area is 190 Å². The van der Waals surface area contributed by atoms with E-state index < -0.39 is 23.6 Å². The minimum atomic E-state index is -0.855. The van der Waals surface area contributed by atoms with Crippen LogP contribution in [0.15, 0.2) is 6.07 Å². The monoisotopic (exact) mass is 460 g/mol. The zero-order chi connectivity index (χ0) is 22.7. The SMILES string of the molecule is Cc1cc(Nc2nc(NC3C4CC5CC3CC(O)(C5)C4)nc(OC3COCC3O)c2F)n[nH]1. The molecule has 2 aromatic rings. The van der Waals surface area contributed by atoms with Gasteiger partial charge in [0.1, 0.15) is 6.10 Å². The lowest BCUT2D eigenvalue weighted by Crippen LogP contribution is -2.59. The van der Waals surface area contributed by atoms with Crippen molar-refractivity contribution in [2.24, 2.45) is 17.8 Å². The molecule has 2 aromatic heterocycles. The summed E-state index contributed by atoms with van der Waals surface area (Å²) >= 11 is 0. The molecular weight excluding hydrogens is 431 g/mol. The topological polar surface area (TPSA) is 137 Å². The molecular formula is C22H29FN6O4. The maximum atomic E-state index is 15.3. The highest BCUT2D eigenvalue weighted by Crippen LogP contribution is 2.56. The first-order valence-electron chi connectivity index (χ1n) is 11.6. The predicted octanol–water partition coefficient (Wildman–Crippen LogP) is 1.88. The van der Waals surface area contributed by atoms with E-state index in [1.54, 1.807) is 6.07 Å². The number of hydrogen-bond donors (Lipinski definition) is 5. The van der Waals surface area contributed by atoms with E-state index >= 15 is 4.39 Å². The standard InChI is InChI=1S/C22H29FN6O4/c1-10-2-16(29-28-10)24-19-17(23)20(33-15-9-32-8-14(15)30)27-21(26-19)25-18-12-3-11-4-13(18)7-22(31,5-11)6-12/h2,11-15,18,30-31H,3-9H2,1H3,(H3,24,25,26,27,28,29). The first-order chi connectivity index (χ1) is 15.8. The van der Waals surface area contributed by atoms with Crippen molar-refractivity contribution in [1.29, 1.82) is 0 Å². The maximum Gasteiger partial charge on any atom is 0.258 e. The summed E-state index contributed by atoms with van der Waals surface area (Å²) in [4.78, 5) is 8.73. The van der Waals surface area contributed by atoms with Crippen molar-refractivity contribution >= 4 is 17.6 Å². The predicted molar refractivity (Wildman–Crippen MR) is 116 cm³/mol. The van der Waals surface area contributed by atoms with Gasteiger partial charge in [0, 0.05) is 17.8 Å². The summed E-state index contributed by atoms with van der Waals surface area (Å²) in [5, 5.41) is 34.2. The first-order valence-corrected chi connectivity index (χ1v) is 11.6. The van der Waals surface area contributed by atoms with Gasteiger partial charge in [0.25, 0.3) is 5.88 Å². The Kier molecular flexibility index (Phi) is 4.96. The number of aliphatic hydroxyl groups is 2. The third kappa shape index (κ3) is 3.91. The second-order valence-corrected chi connectivity index (χ2v) is 10.2. The van der Waals surface area contributed by atoms with Crippen LogP contribution in [0.1, 0.15) is 37.8 Å². The summed E-state index contributed by atoms with van der Waals surface area (Å²) < 4.78 is 26.3. The van der Waals surface area contributed by atoms with E-state index in [1.807, 2.05) is 6.92 Å². The third-order valence-corrected chi connectivity index (χ3v) is 7.57. The Morgan fingerprint density at radius 2 is 2.00 bits per heavy atom. The highest BCUT2D eigenvalue weighted by molar-refractivity contribution is 5.56. The smallest absolute Gasteiger partial charge is 0.258 e. The van der Waals surface area contributed by atoms with Crippen molar-refractivity contribution in [1.82, 2.24) is 20.2 Å². The van der Waals surface area contributed by atoms with Crippen molar-refractivity contribution < 1.29 is 24.1 Å². The molecule has 3 heterocycles. The van der Waals surface area contributed by atoms with Crippen LogP contribution in [-0.2, 0) is 4.74 Å². The maximum absolute atomic E-state index is 15.3. The van der Waals surface area contributed by atoms with Crippen molar-refractivity contribution in [2.75, 3.05) is 23.8 Å². The summed E-state index contributed by atoms with van der Waals surface area (Å²) in [6, 6.07) is 1.85. The largest absolute Gasteiger partial charge is 0.467 e. The Balaban J connectivity index is 1.30. The van der Waals surface area contributed by atoms with Crippen molar-refractivity contribution in [2.45, 2.75) is 62.9 Å². The third-order valence-electron chi connectivity index (χ3n) is 7.57. The molecule has 5 N–H and O–H groups in total. The Bertz CT molecular complexity index is 1030. The lowest BCUT2D eigenvalue weighted by atomic mass is 9.52. The van der Waals surface area contributed by atoms with Gasteiger partial charge >= 0.3 is 0 Å². The molecule has 0 radical (unpaired) electrons. The molecule has 0 aromatic carbocycles. The molecule has 0 amide bonds. The Morgan fingerprint density at radius 1 is 1.21 bits per heavy atom. The number of ether oxygens (including phenoxy) is 2. The van der Waals surface area contributed by atoms with Crippen LogP contribution in [0.4, 0.5) is 22.0 Å². The average Bonchev–Trinajstić information content (AvgIpc) is 3.34. The van der Waals surface area contributed by atoms with E-state index in [4.69, 9.17) is 9.47 Å². The van der Waals surface area contributed by atoms with Gasteiger partial charge in [-0.2, -0.15) is 19.5 Å². The zero-order valence-electron chi connectivity index (χ0n) is 18.4. The molecule has 4 unspecified atom stereocenters. The van der Waals surface area contributed by atoms with E-state index in [0.29, 0.717) is 23.6 Å². The number of aromatic nitrogens is 4. The molecule has 1 aliphatic heterocycles. The molecule has 33 heavy (non-hydrogen) atoms. The highest BCUT2D eigenvalue weighted by Gasteiger charge is 2.55. The summed E-state index contributed by atoms with van der Waals surface area (Å²) in [6.07, 6.45) is 3.02. The van der Waals surface area contributed by atoms with Gasteiger partial charge in [-0.3, -0.25) is 5.10 Å². The number of anilines is 3. The van der Waals surface area contributed by atoms with E-state index in [-0.39, 0.29) is 36.9 Å². The van der Waals surface area contributed by atoms with Gasteiger partial charge in [0.2, 0.25) is 11.8 Å². The lowest BCUT2D eigenvalue weighted by molar-refractivity contribution is -0.129. The molecule has 4 aliphatic carbocycles. The van der Waals surface area contributed by atoms with Crippen molar-refractivity contribution in [3.8, 4) is 5.88 Å². The van der Waals surface area contributed by atoms with Gasteiger partial charge in [0.15, 0.2) is 17.7 Å². The molecule has 5 aliphatic rings. The van der Waals surface area contributed by atoms with E-state index in [9.17, 15) is 10.2 Å². The molecule has 10 nitrogen and oxygen atoms in total. The minimum Gasteiger partial charge on any atom is -0.467 e. The Morgan fingerprint density at radius 3 is 2.64 bits per heavy atom. The highest BCUT2D eigenvalue weighted by atomic mass is 19.1. The van der Waals surface area contributed by atoms with Crippen LogP contribution in [0, 0.1) is 30.5 Å². The number of nitrogens with zero attached hydrogens (tertiary/aromatic N) is 3. The van der Waals surface area contributed by atoms with Gasteiger partial charge in [0.05, 0.1) is 18.8 Å².